The number of aryl methyl sites for hydroxylation is 2. The van der Waals surface area contributed by atoms with Crippen LogP contribution in [0.5, 0.6) is 5.75 Å². The first kappa shape index (κ1) is 25.5. The summed E-state index contributed by atoms with van der Waals surface area (Å²) in [6.45, 7) is 2.45. The Kier molecular flexibility index (Phi) is 6.42. The molecule has 184 valence electrons. The predicted octanol–water partition coefficient (Wildman–Crippen LogP) is 4.84. The molecule has 0 unspecified atom stereocenters. The largest absolute Gasteiger partial charge is 0.484 e. The predicted molar refractivity (Wildman–Crippen MR) is 107 cm³/mol. The number of hydrogen-bond donors (Lipinski definition) is 1. The summed E-state index contributed by atoms with van der Waals surface area (Å²) >= 11 is 0. The van der Waals surface area contributed by atoms with E-state index in [0.29, 0.717) is 0 Å². The number of hydrogen-bond acceptors (Lipinski definition) is 4. The third kappa shape index (κ3) is 4.22. The van der Waals surface area contributed by atoms with E-state index in [-0.39, 0.29) is 11.3 Å². The second-order valence-corrected chi connectivity index (χ2v) is 7.79. The Hall–Kier alpha value is -3.15. The molecule has 34 heavy (non-hydrogen) atoms. The molecule has 0 saturated heterocycles. The van der Waals surface area contributed by atoms with Gasteiger partial charge in [-0.2, -0.15) is 40.8 Å². The Morgan fingerprint density at radius 3 is 2.21 bits per heavy atom. The normalized spacial score (nSPS) is 19.2. The summed E-state index contributed by atoms with van der Waals surface area (Å²) in [6.07, 6.45) is -8.20. The fraction of sp³-hybridized carbons (Fsp3) is 0.364. The van der Waals surface area contributed by atoms with Gasteiger partial charge in [0.05, 0.1) is 5.71 Å². The molecule has 1 heterocycles. The van der Waals surface area contributed by atoms with Crippen LogP contribution >= 0.6 is 0 Å². The molecule has 0 radical (unpaired) electrons. The van der Waals surface area contributed by atoms with Crippen molar-refractivity contribution >= 4 is 11.6 Å². The van der Waals surface area contributed by atoms with E-state index in [0.717, 1.165) is 11.1 Å². The number of amides is 1. The number of aliphatic hydroxyl groups is 1. The Morgan fingerprint density at radius 1 is 1.03 bits per heavy atom. The zero-order valence-electron chi connectivity index (χ0n) is 17.8. The topological polar surface area (TPSA) is 62.1 Å². The van der Waals surface area contributed by atoms with Crippen molar-refractivity contribution < 1.29 is 45.4 Å². The van der Waals surface area contributed by atoms with E-state index in [1.165, 1.54) is 42.5 Å². The monoisotopic (exact) mass is 492 g/mol. The van der Waals surface area contributed by atoms with Crippen molar-refractivity contribution in [3.63, 3.8) is 0 Å². The average molecular weight is 492 g/mol. The lowest BCUT2D eigenvalue weighted by atomic mass is 9.91. The van der Waals surface area contributed by atoms with Crippen LogP contribution < -0.4 is 4.74 Å². The van der Waals surface area contributed by atoms with Gasteiger partial charge in [0.1, 0.15) is 5.75 Å². The van der Waals surface area contributed by atoms with Crippen LogP contribution in [-0.2, 0) is 4.79 Å². The molecular weight excluding hydrogens is 473 g/mol. The molecule has 1 N–H and O–H groups in total. The van der Waals surface area contributed by atoms with Gasteiger partial charge in [-0.05, 0) is 42.7 Å². The number of hydrazone groups is 1. The number of carbonyl (C=O) groups is 1. The smallest absolute Gasteiger partial charge is 0.460 e. The van der Waals surface area contributed by atoms with E-state index in [9.17, 15) is 40.6 Å². The molecule has 0 aromatic heterocycles. The molecular formula is C22H19F7N2O3. The number of rotatable bonds is 6. The first-order valence-electron chi connectivity index (χ1n) is 9.82. The highest BCUT2D eigenvalue weighted by molar-refractivity contribution is 6.03. The summed E-state index contributed by atoms with van der Waals surface area (Å²) in [5, 5.41) is 13.6. The average Bonchev–Trinajstić information content (AvgIpc) is 3.13. The van der Waals surface area contributed by atoms with E-state index in [1.807, 2.05) is 0 Å². The van der Waals surface area contributed by atoms with Crippen LogP contribution in [-0.4, -0.2) is 52.1 Å². The number of ether oxygens (including phenoxy) is 1. The molecule has 0 aliphatic carbocycles. The Labute approximate surface area is 189 Å². The number of nitrogens with zero attached hydrogens (tertiary/aromatic N) is 2. The van der Waals surface area contributed by atoms with Gasteiger partial charge in [0.15, 0.2) is 6.61 Å². The summed E-state index contributed by atoms with van der Waals surface area (Å²) in [4.78, 5) is 12.7. The van der Waals surface area contributed by atoms with E-state index >= 15 is 0 Å². The van der Waals surface area contributed by atoms with Crippen LogP contribution in [0, 0.1) is 13.8 Å². The summed E-state index contributed by atoms with van der Waals surface area (Å²) in [6, 6.07) is 11.6. The zero-order chi connectivity index (χ0) is 25.5. The van der Waals surface area contributed by atoms with Crippen LogP contribution in [0.15, 0.2) is 53.6 Å². The summed E-state index contributed by atoms with van der Waals surface area (Å²) in [5.74, 6) is -14.3. The molecule has 0 saturated carbocycles. The van der Waals surface area contributed by atoms with Gasteiger partial charge in [-0.25, -0.2) is 0 Å². The molecule has 2 aromatic rings. The van der Waals surface area contributed by atoms with E-state index in [1.54, 1.807) is 19.9 Å². The molecule has 3 rings (SSSR count). The van der Waals surface area contributed by atoms with Gasteiger partial charge in [-0.1, -0.05) is 36.4 Å². The van der Waals surface area contributed by atoms with Crippen molar-refractivity contribution in [3.8, 4) is 5.75 Å². The summed E-state index contributed by atoms with van der Waals surface area (Å²) < 4.78 is 101. The number of benzene rings is 2. The Morgan fingerprint density at radius 2 is 1.65 bits per heavy atom. The first-order chi connectivity index (χ1) is 15.6. The molecule has 1 amide bonds. The van der Waals surface area contributed by atoms with Gasteiger partial charge in [0, 0.05) is 6.42 Å². The number of alkyl halides is 7. The van der Waals surface area contributed by atoms with Gasteiger partial charge >= 0.3 is 18.0 Å². The van der Waals surface area contributed by atoms with Crippen LogP contribution in [0.1, 0.15) is 23.1 Å². The number of carbonyl (C=O) groups excluding carboxylic acids is 1. The third-order valence-corrected chi connectivity index (χ3v) is 5.42. The second kappa shape index (κ2) is 8.57. The molecule has 0 spiro atoms. The van der Waals surface area contributed by atoms with Gasteiger partial charge in [0.2, 0.25) is 5.72 Å². The summed E-state index contributed by atoms with van der Waals surface area (Å²) in [5.41, 5.74) is -3.14. The van der Waals surface area contributed by atoms with Crippen molar-refractivity contribution in [2.75, 3.05) is 6.61 Å². The van der Waals surface area contributed by atoms with Crippen molar-refractivity contribution in [2.24, 2.45) is 5.10 Å². The molecule has 1 aliphatic heterocycles. The minimum absolute atomic E-state index is 0.0393. The quantitative estimate of drug-likeness (QED) is 0.588. The van der Waals surface area contributed by atoms with Crippen molar-refractivity contribution in [3.05, 3.63) is 65.2 Å². The van der Waals surface area contributed by atoms with Gasteiger partial charge in [0.25, 0.3) is 5.91 Å². The molecule has 0 bridgehead atoms. The maximum Gasteiger partial charge on any atom is 0.460 e. The second-order valence-electron chi connectivity index (χ2n) is 7.79. The van der Waals surface area contributed by atoms with Crippen LogP contribution in [0.3, 0.4) is 0 Å². The third-order valence-electron chi connectivity index (χ3n) is 5.42. The van der Waals surface area contributed by atoms with E-state index < -0.39 is 53.4 Å². The highest BCUT2D eigenvalue weighted by Gasteiger charge is 2.82. The molecule has 1 atom stereocenters. The molecule has 0 fully saturated rings. The number of halogens is 7. The highest BCUT2D eigenvalue weighted by Crippen LogP contribution is 2.54. The minimum Gasteiger partial charge on any atom is -0.484 e. The molecule has 12 heteroatoms. The molecule has 5 nitrogen and oxygen atoms in total. The maximum absolute atomic E-state index is 14.7. The van der Waals surface area contributed by atoms with Crippen LogP contribution in [0.25, 0.3) is 0 Å². The van der Waals surface area contributed by atoms with Crippen LogP contribution in [0.4, 0.5) is 30.7 Å². The lowest BCUT2D eigenvalue weighted by molar-refractivity contribution is -0.401. The van der Waals surface area contributed by atoms with Crippen molar-refractivity contribution in [2.45, 2.75) is 44.0 Å². The summed E-state index contributed by atoms with van der Waals surface area (Å²) in [7, 11) is 0. The lowest BCUT2D eigenvalue weighted by Gasteiger charge is -2.41. The van der Waals surface area contributed by atoms with Gasteiger partial charge < -0.3 is 9.84 Å². The Bertz CT molecular complexity index is 1100. The van der Waals surface area contributed by atoms with E-state index in [4.69, 9.17) is 4.74 Å². The van der Waals surface area contributed by atoms with E-state index in [2.05, 4.69) is 5.10 Å². The van der Waals surface area contributed by atoms with Crippen molar-refractivity contribution in [1.82, 2.24) is 5.01 Å². The highest BCUT2D eigenvalue weighted by atomic mass is 19.4. The maximum atomic E-state index is 14.7. The Balaban J connectivity index is 1.98. The molecule has 1 aliphatic rings. The fourth-order valence-corrected chi connectivity index (χ4v) is 3.28. The van der Waals surface area contributed by atoms with Gasteiger partial charge in [-0.3, -0.25) is 4.79 Å². The lowest BCUT2D eigenvalue weighted by Crippen LogP contribution is -2.69. The zero-order valence-corrected chi connectivity index (χ0v) is 17.8. The first-order valence-corrected chi connectivity index (χ1v) is 9.82. The molecule has 2 aromatic carbocycles. The SMILES string of the molecule is Cc1ccc(OCC(=O)N2N=C(c3ccccc3)C[C@@]2(O)C(F)(F)C(F)(F)C(F)(F)F)cc1C. The minimum atomic E-state index is -6.72. The fourth-order valence-electron chi connectivity index (χ4n) is 3.28. The van der Waals surface area contributed by atoms with Crippen LogP contribution in [0.2, 0.25) is 0 Å². The van der Waals surface area contributed by atoms with Crippen molar-refractivity contribution in [1.29, 1.82) is 0 Å². The standard InChI is InChI=1S/C22H19F7N2O3/c1-13-8-9-16(10-14(13)2)34-12-18(32)31-19(33,20(23,24)21(25,26)22(27,28)29)11-17(30-31)15-6-4-3-5-7-15/h3-10,33H,11-12H2,1-2H3/t19-/m1/s1. The van der Waals surface area contributed by atoms with Gasteiger partial charge in [-0.15, -0.1) is 0 Å².